The van der Waals surface area contributed by atoms with E-state index in [9.17, 15) is 9.90 Å². The number of aliphatic hydroxyl groups excluding tert-OH is 1. The average Bonchev–Trinajstić information content (AvgIpc) is 2.28. The van der Waals surface area contributed by atoms with Crippen LogP contribution in [-0.4, -0.2) is 49.5 Å². The zero-order valence-corrected chi connectivity index (χ0v) is 10.7. The van der Waals surface area contributed by atoms with Crippen LogP contribution in [0.3, 0.4) is 0 Å². The molecule has 0 spiro atoms. The van der Waals surface area contributed by atoms with Gasteiger partial charge < -0.3 is 20.5 Å². The van der Waals surface area contributed by atoms with Gasteiger partial charge in [-0.2, -0.15) is 0 Å². The lowest BCUT2D eigenvalue weighted by Crippen LogP contribution is -2.46. The zero-order valence-electron chi connectivity index (χ0n) is 10.7. The standard InChI is InChI=1S/C12H24N2O3/c1-9(2)5-10(7-15)14-12(16)6-11-8-17-4-3-13-11/h9-11,13,15H,3-8H2,1-2H3,(H,14,16). The van der Waals surface area contributed by atoms with Crippen molar-refractivity contribution in [2.75, 3.05) is 26.4 Å². The van der Waals surface area contributed by atoms with Crippen LogP contribution in [0, 0.1) is 5.92 Å². The molecule has 3 N–H and O–H groups in total. The monoisotopic (exact) mass is 244 g/mol. The number of ether oxygens (including phenoxy) is 1. The number of hydrogen-bond acceptors (Lipinski definition) is 4. The Morgan fingerprint density at radius 2 is 2.35 bits per heavy atom. The molecule has 1 aliphatic heterocycles. The maximum atomic E-state index is 11.7. The summed E-state index contributed by atoms with van der Waals surface area (Å²) in [4.78, 5) is 11.7. The summed E-state index contributed by atoms with van der Waals surface area (Å²) in [7, 11) is 0. The third-order valence-electron chi connectivity index (χ3n) is 2.77. The van der Waals surface area contributed by atoms with Crippen LogP contribution in [-0.2, 0) is 9.53 Å². The van der Waals surface area contributed by atoms with E-state index >= 15 is 0 Å². The number of morpholine rings is 1. The third-order valence-corrected chi connectivity index (χ3v) is 2.77. The van der Waals surface area contributed by atoms with E-state index < -0.39 is 0 Å². The van der Waals surface area contributed by atoms with Crippen molar-refractivity contribution in [1.29, 1.82) is 0 Å². The molecule has 0 aliphatic carbocycles. The maximum Gasteiger partial charge on any atom is 0.221 e. The molecule has 0 bridgehead atoms. The Bertz CT molecular complexity index is 228. The Morgan fingerprint density at radius 3 is 2.88 bits per heavy atom. The predicted molar refractivity (Wildman–Crippen MR) is 65.7 cm³/mol. The van der Waals surface area contributed by atoms with Crippen LogP contribution in [0.5, 0.6) is 0 Å². The lowest BCUT2D eigenvalue weighted by molar-refractivity contribution is -0.123. The molecule has 2 unspecified atom stereocenters. The molecule has 0 aromatic carbocycles. The fraction of sp³-hybridized carbons (Fsp3) is 0.917. The Morgan fingerprint density at radius 1 is 1.59 bits per heavy atom. The van der Waals surface area contributed by atoms with E-state index in [1.54, 1.807) is 0 Å². The molecule has 100 valence electrons. The highest BCUT2D eigenvalue weighted by atomic mass is 16.5. The number of aliphatic hydroxyl groups is 1. The summed E-state index contributed by atoms with van der Waals surface area (Å²) >= 11 is 0. The van der Waals surface area contributed by atoms with Crippen LogP contribution in [0.15, 0.2) is 0 Å². The second-order valence-electron chi connectivity index (χ2n) is 5.01. The van der Waals surface area contributed by atoms with Crippen molar-refractivity contribution in [3.05, 3.63) is 0 Å². The van der Waals surface area contributed by atoms with Crippen molar-refractivity contribution in [2.24, 2.45) is 5.92 Å². The van der Waals surface area contributed by atoms with Gasteiger partial charge in [-0.05, 0) is 12.3 Å². The lowest BCUT2D eigenvalue weighted by atomic mass is 10.0. The van der Waals surface area contributed by atoms with E-state index in [0.29, 0.717) is 25.6 Å². The van der Waals surface area contributed by atoms with E-state index in [2.05, 4.69) is 24.5 Å². The Labute approximate surface area is 103 Å². The molecular weight excluding hydrogens is 220 g/mol. The van der Waals surface area contributed by atoms with Crippen LogP contribution < -0.4 is 10.6 Å². The zero-order chi connectivity index (χ0) is 12.7. The molecule has 1 aliphatic rings. The van der Waals surface area contributed by atoms with Crippen molar-refractivity contribution >= 4 is 5.91 Å². The minimum Gasteiger partial charge on any atom is -0.394 e. The lowest BCUT2D eigenvalue weighted by Gasteiger charge is -2.24. The highest BCUT2D eigenvalue weighted by Gasteiger charge is 2.19. The topological polar surface area (TPSA) is 70.6 Å². The van der Waals surface area contributed by atoms with Crippen molar-refractivity contribution in [3.63, 3.8) is 0 Å². The van der Waals surface area contributed by atoms with Crippen molar-refractivity contribution in [3.8, 4) is 0 Å². The minimum absolute atomic E-state index is 0.00147. The first-order valence-electron chi connectivity index (χ1n) is 6.33. The molecule has 0 aromatic rings. The molecule has 1 heterocycles. The Hall–Kier alpha value is -0.650. The molecule has 0 radical (unpaired) electrons. The second kappa shape index (κ2) is 7.63. The first kappa shape index (κ1) is 14.4. The summed E-state index contributed by atoms with van der Waals surface area (Å²) < 4.78 is 5.29. The maximum absolute atomic E-state index is 11.7. The van der Waals surface area contributed by atoms with Gasteiger partial charge in [-0.25, -0.2) is 0 Å². The van der Waals surface area contributed by atoms with E-state index in [0.717, 1.165) is 13.0 Å². The SMILES string of the molecule is CC(C)CC(CO)NC(=O)CC1COCCN1. The van der Waals surface area contributed by atoms with Gasteiger partial charge in [0.05, 0.1) is 25.9 Å². The van der Waals surface area contributed by atoms with Gasteiger partial charge in [0.15, 0.2) is 0 Å². The fourth-order valence-electron chi connectivity index (χ4n) is 2.01. The number of hydrogen-bond donors (Lipinski definition) is 3. The fourth-order valence-corrected chi connectivity index (χ4v) is 2.01. The van der Waals surface area contributed by atoms with Gasteiger partial charge in [0, 0.05) is 19.0 Å². The second-order valence-corrected chi connectivity index (χ2v) is 5.01. The van der Waals surface area contributed by atoms with E-state index in [-0.39, 0.29) is 24.6 Å². The van der Waals surface area contributed by atoms with E-state index in [1.807, 2.05) is 0 Å². The van der Waals surface area contributed by atoms with Crippen molar-refractivity contribution < 1.29 is 14.6 Å². The van der Waals surface area contributed by atoms with Crippen LogP contribution in [0.1, 0.15) is 26.7 Å². The predicted octanol–water partition coefficient (Wildman–Crippen LogP) is -0.112. The normalized spacial score (nSPS) is 22.5. The van der Waals surface area contributed by atoms with Gasteiger partial charge in [-0.1, -0.05) is 13.8 Å². The van der Waals surface area contributed by atoms with Gasteiger partial charge in [0.25, 0.3) is 0 Å². The van der Waals surface area contributed by atoms with Crippen LogP contribution >= 0.6 is 0 Å². The number of rotatable bonds is 6. The molecule has 1 rings (SSSR count). The van der Waals surface area contributed by atoms with E-state index in [4.69, 9.17) is 4.74 Å². The van der Waals surface area contributed by atoms with Gasteiger partial charge >= 0.3 is 0 Å². The number of amides is 1. The third kappa shape index (κ3) is 6.00. The van der Waals surface area contributed by atoms with Crippen LogP contribution in [0.25, 0.3) is 0 Å². The molecule has 0 saturated carbocycles. The summed E-state index contributed by atoms with van der Waals surface area (Å²) in [5, 5.41) is 15.3. The first-order valence-corrected chi connectivity index (χ1v) is 6.33. The number of carbonyl (C=O) groups is 1. The van der Waals surface area contributed by atoms with Crippen molar-refractivity contribution in [1.82, 2.24) is 10.6 Å². The van der Waals surface area contributed by atoms with Gasteiger partial charge in [-0.15, -0.1) is 0 Å². The molecule has 17 heavy (non-hydrogen) atoms. The summed E-state index contributed by atoms with van der Waals surface area (Å²) in [6.07, 6.45) is 1.21. The molecule has 2 atom stereocenters. The molecule has 0 aromatic heterocycles. The largest absolute Gasteiger partial charge is 0.394 e. The van der Waals surface area contributed by atoms with Crippen LogP contribution in [0.4, 0.5) is 0 Å². The Balaban J connectivity index is 2.26. The van der Waals surface area contributed by atoms with Crippen molar-refractivity contribution in [2.45, 2.75) is 38.8 Å². The summed E-state index contributed by atoms with van der Waals surface area (Å²) in [5.41, 5.74) is 0. The number of carbonyl (C=O) groups excluding carboxylic acids is 1. The first-order chi connectivity index (χ1) is 8.11. The smallest absolute Gasteiger partial charge is 0.221 e. The summed E-state index contributed by atoms with van der Waals surface area (Å²) in [6.45, 7) is 6.24. The van der Waals surface area contributed by atoms with Gasteiger partial charge in [0.2, 0.25) is 5.91 Å². The molecule has 1 saturated heterocycles. The Kier molecular flexibility index (Phi) is 6.47. The van der Waals surface area contributed by atoms with Crippen LogP contribution in [0.2, 0.25) is 0 Å². The molecule has 5 nitrogen and oxygen atoms in total. The average molecular weight is 244 g/mol. The molecule has 1 amide bonds. The quantitative estimate of drug-likeness (QED) is 0.609. The number of nitrogens with one attached hydrogen (secondary N) is 2. The summed E-state index contributed by atoms with van der Waals surface area (Å²) in [5.74, 6) is 0.441. The molecule has 1 fully saturated rings. The molecular formula is C12H24N2O3. The van der Waals surface area contributed by atoms with Gasteiger partial charge in [0.1, 0.15) is 0 Å². The van der Waals surface area contributed by atoms with Gasteiger partial charge in [-0.3, -0.25) is 4.79 Å². The molecule has 5 heteroatoms. The van der Waals surface area contributed by atoms with E-state index in [1.165, 1.54) is 0 Å². The highest BCUT2D eigenvalue weighted by molar-refractivity contribution is 5.76. The summed E-state index contributed by atoms with van der Waals surface area (Å²) in [6, 6.07) is -0.0332. The highest BCUT2D eigenvalue weighted by Crippen LogP contribution is 2.05. The minimum atomic E-state index is -0.132.